The molecule has 3 rings (SSSR count). The largest absolute Gasteiger partial charge is 0.481 e. The molecule has 4 atom stereocenters. The predicted octanol–water partition coefficient (Wildman–Crippen LogP) is 3.28. The van der Waals surface area contributed by atoms with Crippen LogP contribution in [0.1, 0.15) is 5.56 Å². The Balaban J connectivity index is 2.75. The number of aliphatic carboxylic acids is 4. The molecule has 8 nitrogen and oxygen atoms in total. The molecule has 0 spiro atoms. The van der Waals surface area contributed by atoms with Gasteiger partial charge >= 0.3 is 30.1 Å². The van der Waals surface area contributed by atoms with E-state index < -0.39 is 63.7 Å². The summed E-state index contributed by atoms with van der Waals surface area (Å²) in [6, 6.07) is 5.12. The fourth-order valence-corrected chi connectivity index (χ4v) is 5.42. The van der Waals surface area contributed by atoms with Crippen LogP contribution >= 0.6 is 0 Å². The Bertz CT molecular complexity index is 1120. The Morgan fingerprint density at radius 2 is 1.09 bits per heavy atom. The molecule has 2 aliphatic carbocycles. The van der Waals surface area contributed by atoms with Crippen molar-refractivity contribution in [2.24, 2.45) is 22.7 Å². The van der Waals surface area contributed by atoms with E-state index in [4.69, 9.17) is 0 Å². The van der Waals surface area contributed by atoms with Gasteiger partial charge in [0.05, 0.1) is 11.8 Å². The summed E-state index contributed by atoms with van der Waals surface area (Å²) in [4.78, 5) is 50.3. The first-order valence-corrected chi connectivity index (χ1v) is 10.1. The lowest BCUT2D eigenvalue weighted by Crippen LogP contribution is -2.73. The lowest BCUT2D eigenvalue weighted by atomic mass is 9.40. The van der Waals surface area contributed by atoms with Crippen molar-refractivity contribution in [3.63, 3.8) is 0 Å². The van der Waals surface area contributed by atoms with Crippen LogP contribution in [-0.4, -0.2) is 50.5 Å². The molecule has 0 saturated heterocycles. The van der Waals surface area contributed by atoms with Crippen molar-refractivity contribution in [3.05, 3.63) is 84.5 Å². The standard InChI is InChI=1S/C24H19F3O8/c25-24(26,27)23(14-8-2-1-3-9-14,21(19(32)33)12-6-4-10-15(21)17(28)29)22(20(34)35)13-7-5-11-16(22)18(30)31/h1-13,15-16H,(H,28,29)(H,30,31)(H,32,33)(H,34,35). The Morgan fingerprint density at radius 3 is 1.40 bits per heavy atom. The van der Waals surface area contributed by atoms with Crippen LogP contribution in [-0.2, 0) is 24.6 Å². The second kappa shape index (κ2) is 8.57. The Morgan fingerprint density at radius 1 is 0.686 bits per heavy atom. The highest BCUT2D eigenvalue weighted by Gasteiger charge is 2.83. The lowest BCUT2D eigenvalue weighted by molar-refractivity contribution is -0.264. The fraction of sp³-hybridized carbons (Fsp3) is 0.250. The number of carbonyl (C=O) groups is 4. The zero-order chi connectivity index (χ0) is 26.2. The van der Waals surface area contributed by atoms with E-state index in [0.717, 1.165) is 48.6 Å². The van der Waals surface area contributed by atoms with Gasteiger partial charge in [0, 0.05) is 0 Å². The third-order valence-corrected chi connectivity index (χ3v) is 6.64. The van der Waals surface area contributed by atoms with Gasteiger partial charge in [-0.15, -0.1) is 0 Å². The highest BCUT2D eigenvalue weighted by molar-refractivity contribution is 5.95. The van der Waals surface area contributed by atoms with Crippen LogP contribution in [0.5, 0.6) is 0 Å². The van der Waals surface area contributed by atoms with E-state index in [-0.39, 0.29) is 0 Å². The van der Waals surface area contributed by atoms with Crippen LogP contribution in [0.15, 0.2) is 78.9 Å². The Labute approximate surface area is 196 Å². The highest BCUT2D eigenvalue weighted by Crippen LogP contribution is 2.69. The summed E-state index contributed by atoms with van der Waals surface area (Å²) in [5.41, 5.74) is -12.1. The second-order valence-electron chi connectivity index (χ2n) is 8.08. The molecule has 0 heterocycles. The zero-order valence-corrected chi connectivity index (χ0v) is 17.7. The van der Waals surface area contributed by atoms with Gasteiger partial charge in [-0.05, 0) is 5.56 Å². The van der Waals surface area contributed by atoms with Crippen molar-refractivity contribution in [2.75, 3.05) is 0 Å². The van der Waals surface area contributed by atoms with Crippen LogP contribution in [0.2, 0.25) is 0 Å². The molecule has 2 aliphatic rings. The van der Waals surface area contributed by atoms with Crippen LogP contribution in [0.4, 0.5) is 13.2 Å². The predicted molar refractivity (Wildman–Crippen MR) is 113 cm³/mol. The van der Waals surface area contributed by atoms with E-state index in [9.17, 15) is 39.6 Å². The summed E-state index contributed by atoms with van der Waals surface area (Å²) in [5.74, 6) is -13.4. The van der Waals surface area contributed by atoms with Crippen molar-refractivity contribution >= 4 is 23.9 Å². The molecule has 0 amide bonds. The first kappa shape index (κ1) is 25.5. The van der Waals surface area contributed by atoms with Crippen molar-refractivity contribution < 1.29 is 52.8 Å². The molecular weight excluding hydrogens is 473 g/mol. The van der Waals surface area contributed by atoms with E-state index in [0.29, 0.717) is 24.3 Å². The molecule has 1 aromatic carbocycles. The molecule has 11 heteroatoms. The summed E-state index contributed by atoms with van der Waals surface area (Å²) in [6.07, 6.45) is 0.429. The number of carboxylic acids is 4. The average molecular weight is 492 g/mol. The number of hydrogen-bond donors (Lipinski definition) is 4. The summed E-state index contributed by atoms with van der Waals surface area (Å²) < 4.78 is 47.1. The Kier molecular flexibility index (Phi) is 6.24. The van der Waals surface area contributed by atoms with Crippen molar-refractivity contribution in [3.8, 4) is 0 Å². The van der Waals surface area contributed by atoms with Gasteiger partial charge in [-0.25, -0.2) is 0 Å². The number of rotatable bonds is 7. The molecule has 4 N–H and O–H groups in total. The molecule has 0 aromatic heterocycles. The number of benzene rings is 1. The third kappa shape index (κ3) is 3.22. The maximum Gasteiger partial charge on any atom is 0.401 e. The fourth-order valence-electron chi connectivity index (χ4n) is 5.42. The van der Waals surface area contributed by atoms with Crippen LogP contribution in [0, 0.1) is 22.7 Å². The van der Waals surface area contributed by atoms with Gasteiger partial charge in [0.25, 0.3) is 0 Å². The van der Waals surface area contributed by atoms with Gasteiger partial charge in [-0.3, -0.25) is 19.2 Å². The molecule has 0 radical (unpaired) electrons. The van der Waals surface area contributed by atoms with Crippen LogP contribution < -0.4 is 0 Å². The monoisotopic (exact) mass is 492 g/mol. The van der Waals surface area contributed by atoms with Crippen molar-refractivity contribution in [2.45, 2.75) is 11.6 Å². The zero-order valence-electron chi connectivity index (χ0n) is 17.7. The van der Waals surface area contributed by atoms with E-state index in [1.54, 1.807) is 0 Å². The molecule has 4 unspecified atom stereocenters. The first-order chi connectivity index (χ1) is 16.3. The van der Waals surface area contributed by atoms with E-state index in [2.05, 4.69) is 0 Å². The van der Waals surface area contributed by atoms with Crippen molar-refractivity contribution in [1.29, 1.82) is 0 Å². The third-order valence-electron chi connectivity index (χ3n) is 6.64. The minimum atomic E-state index is -5.81. The van der Waals surface area contributed by atoms with Gasteiger partial charge in [-0.2, -0.15) is 13.2 Å². The maximum absolute atomic E-state index is 15.7. The molecule has 1 aromatic rings. The van der Waals surface area contributed by atoms with Gasteiger partial charge in [0.2, 0.25) is 0 Å². The van der Waals surface area contributed by atoms with E-state index >= 15 is 13.2 Å². The summed E-state index contributed by atoms with van der Waals surface area (Å²) in [6.45, 7) is 0. The normalized spacial score (nSPS) is 29.3. The number of hydrogen-bond acceptors (Lipinski definition) is 4. The number of carboxylic acid groups (broad SMARTS) is 4. The van der Waals surface area contributed by atoms with Crippen molar-refractivity contribution in [1.82, 2.24) is 0 Å². The van der Waals surface area contributed by atoms with Gasteiger partial charge < -0.3 is 20.4 Å². The SMILES string of the molecule is O=C(O)C1C=CC=CC1(C(=O)O)C(c1ccccc1)(C(F)(F)F)C1(C(=O)O)C=CC=CC1C(=O)O. The summed E-state index contributed by atoms with van der Waals surface area (Å²) in [7, 11) is 0. The number of alkyl halides is 3. The first-order valence-electron chi connectivity index (χ1n) is 10.1. The van der Waals surface area contributed by atoms with Gasteiger partial charge in [-0.1, -0.05) is 78.9 Å². The number of allylic oxidation sites excluding steroid dienone is 4. The van der Waals surface area contributed by atoms with Gasteiger partial charge in [0.15, 0.2) is 0 Å². The molecule has 35 heavy (non-hydrogen) atoms. The maximum atomic E-state index is 15.7. The molecule has 0 bridgehead atoms. The smallest absolute Gasteiger partial charge is 0.401 e. The minimum Gasteiger partial charge on any atom is -0.481 e. The molecule has 0 saturated carbocycles. The molecule has 0 aliphatic heterocycles. The summed E-state index contributed by atoms with van der Waals surface area (Å²) in [5, 5.41) is 40.5. The Hall–Kier alpha value is -4.15. The number of halogens is 3. The van der Waals surface area contributed by atoms with E-state index in [1.807, 2.05) is 0 Å². The quantitative estimate of drug-likeness (QED) is 0.453. The second-order valence-corrected chi connectivity index (χ2v) is 8.08. The molecular formula is C24H19F3O8. The van der Waals surface area contributed by atoms with Crippen LogP contribution in [0.25, 0.3) is 0 Å². The molecule has 0 fully saturated rings. The van der Waals surface area contributed by atoms with E-state index in [1.165, 1.54) is 6.07 Å². The van der Waals surface area contributed by atoms with Crippen LogP contribution in [0.3, 0.4) is 0 Å². The molecule has 184 valence electrons. The highest BCUT2D eigenvalue weighted by atomic mass is 19.4. The van der Waals surface area contributed by atoms with Gasteiger partial charge in [0.1, 0.15) is 16.2 Å². The minimum absolute atomic E-state index is 0.490. The summed E-state index contributed by atoms with van der Waals surface area (Å²) >= 11 is 0. The topological polar surface area (TPSA) is 149 Å². The lowest BCUT2D eigenvalue weighted by Gasteiger charge is -2.58. The average Bonchev–Trinajstić information content (AvgIpc) is 2.79.